The van der Waals surface area contributed by atoms with Crippen molar-refractivity contribution in [2.45, 2.75) is 17.7 Å². The van der Waals surface area contributed by atoms with E-state index in [-0.39, 0.29) is 29.3 Å². The van der Waals surface area contributed by atoms with Crippen molar-refractivity contribution in [1.29, 1.82) is 0 Å². The van der Waals surface area contributed by atoms with Gasteiger partial charge in [0.15, 0.2) is 0 Å². The van der Waals surface area contributed by atoms with Crippen molar-refractivity contribution < 1.29 is 17.6 Å². The van der Waals surface area contributed by atoms with Crippen LogP contribution in [-0.4, -0.2) is 51.7 Å². The molecule has 1 atom stereocenters. The van der Waals surface area contributed by atoms with Gasteiger partial charge < -0.3 is 4.42 Å². The van der Waals surface area contributed by atoms with Crippen LogP contribution in [0.15, 0.2) is 51.9 Å². The minimum Gasteiger partial charge on any atom is -0.401 e. The molecule has 1 N–H and O–H groups in total. The number of carbonyl (C=O) groups is 1. The van der Waals surface area contributed by atoms with Crippen molar-refractivity contribution in [3.8, 4) is 11.6 Å². The fourth-order valence-corrected chi connectivity index (χ4v) is 4.83. The molecular formula is C18H20N6O4S. The zero-order valence-corrected chi connectivity index (χ0v) is 16.5. The second-order valence-corrected chi connectivity index (χ2v) is 8.69. The first kappa shape index (κ1) is 19.3. The van der Waals surface area contributed by atoms with Crippen LogP contribution in [0, 0.1) is 5.92 Å². The molecule has 29 heavy (non-hydrogen) atoms. The number of sulfonamides is 1. The second kappa shape index (κ2) is 7.76. The van der Waals surface area contributed by atoms with Crippen LogP contribution in [-0.2, 0) is 21.9 Å². The van der Waals surface area contributed by atoms with Gasteiger partial charge >= 0.3 is 6.01 Å². The molecule has 0 saturated carbocycles. The van der Waals surface area contributed by atoms with Crippen molar-refractivity contribution in [3.63, 3.8) is 0 Å². The lowest BCUT2D eigenvalue weighted by Gasteiger charge is -2.30. The molecule has 11 heteroatoms. The van der Waals surface area contributed by atoms with Crippen LogP contribution in [0.3, 0.4) is 0 Å². The second-order valence-electron chi connectivity index (χ2n) is 6.76. The third kappa shape index (κ3) is 3.91. The molecule has 1 aromatic carbocycles. The molecule has 0 bridgehead atoms. The summed E-state index contributed by atoms with van der Waals surface area (Å²) in [5.41, 5.74) is 0.621. The molecule has 1 fully saturated rings. The van der Waals surface area contributed by atoms with Gasteiger partial charge in [0.2, 0.25) is 15.9 Å². The van der Waals surface area contributed by atoms with Gasteiger partial charge in [-0.3, -0.25) is 14.8 Å². The van der Waals surface area contributed by atoms with E-state index in [1.165, 1.54) is 4.31 Å². The number of carbonyl (C=O) groups excluding carboxylic acids is 1. The molecule has 1 aliphatic rings. The average molecular weight is 416 g/mol. The summed E-state index contributed by atoms with van der Waals surface area (Å²) in [6.45, 7) is 0.484. The third-order valence-corrected chi connectivity index (χ3v) is 6.71. The van der Waals surface area contributed by atoms with Gasteiger partial charge in [-0.05, 0) is 31.0 Å². The van der Waals surface area contributed by atoms with Gasteiger partial charge in [-0.2, -0.15) is 9.40 Å². The lowest BCUT2D eigenvalue weighted by Crippen LogP contribution is -2.43. The number of aromatic nitrogens is 4. The molecule has 0 aliphatic carbocycles. The Balaban J connectivity index is 1.44. The normalized spacial score (nSPS) is 17.9. The Labute approximate surface area is 167 Å². The van der Waals surface area contributed by atoms with Crippen LogP contribution in [0.4, 0.5) is 6.01 Å². The van der Waals surface area contributed by atoms with Gasteiger partial charge in [-0.15, -0.1) is 5.10 Å². The van der Waals surface area contributed by atoms with Gasteiger partial charge in [-0.25, -0.2) is 8.42 Å². The van der Waals surface area contributed by atoms with Crippen LogP contribution in [0.1, 0.15) is 12.8 Å². The fourth-order valence-electron chi connectivity index (χ4n) is 3.28. The van der Waals surface area contributed by atoms with E-state index in [9.17, 15) is 13.2 Å². The number of benzene rings is 1. The maximum atomic E-state index is 12.8. The summed E-state index contributed by atoms with van der Waals surface area (Å²) in [5.74, 6) is -0.621. The molecule has 2 aromatic heterocycles. The smallest absolute Gasteiger partial charge is 0.322 e. The topological polar surface area (TPSA) is 123 Å². The summed E-state index contributed by atoms with van der Waals surface area (Å²) in [5, 5.41) is 14.4. The van der Waals surface area contributed by atoms with Crippen molar-refractivity contribution in [2.24, 2.45) is 13.0 Å². The molecule has 3 heterocycles. The number of hydrogen-bond donors (Lipinski definition) is 1. The Morgan fingerprint density at radius 3 is 2.72 bits per heavy atom. The molecule has 1 unspecified atom stereocenters. The quantitative estimate of drug-likeness (QED) is 0.669. The minimum atomic E-state index is -3.64. The van der Waals surface area contributed by atoms with E-state index < -0.39 is 15.9 Å². The van der Waals surface area contributed by atoms with Gasteiger partial charge in [0, 0.05) is 26.3 Å². The molecule has 1 aliphatic heterocycles. The van der Waals surface area contributed by atoms with E-state index in [1.807, 2.05) is 0 Å². The Morgan fingerprint density at radius 2 is 2.00 bits per heavy atom. The fraction of sp³-hybridized carbons (Fsp3) is 0.333. The SMILES string of the molecule is Cn1nccc1-c1nnc(NC(=O)C2CCCN(S(=O)(=O)c3ccccc3)C2)o1. The standard InChI is InChI=1S/C18H20N6O4S/c1-23-15(9-10-19-23)17-21-22-18(28-17)20-16(25)13-6-5-11-24(12-13)29(26,27)14-7-3-2-4-8-14/h2-4,7-10,13H,5-6,11-12H2,1H3,(H,20,22,25). The molecule has 0 spiro atoms. The Hall–Kier alpha value is -3.05. The van der Waals surface area contributed by atoms with E-state index in [1.54, 1.807) is 54.3 Å². The number of amides is 1. The Morgan fingerprint density at radius 1 is 1.21 bits per heavy atom. The van der Waals surface area contributed by atoms with E-state index in [0.29, 0.717) is 25.1 Å². The summed E-state index contributed by atoms with van der Waals surface area (Å²) in [4.78, 5) is 12.9. The lowest BCUT2D eigenvalue weighted by atomic mass is 9.99. The summed E-state index contributed by atoms with van der Waals surface area (Å²) < 4.78 is 34.1. The molecular weight excluding hydrogens is 396 g/mol. The van der Waals surface area contributed by atoms with Gasteiger partial charge in [0.25, 0.3) is 5.89 Å². The first-order chi connectivity index (χ1) is 13.9. The maximum absolute atomic E-state index is 12.8. The lowest BCUT2D eigenvalue weighted by molar-refractivity contribution is -0.121. The van der Waals surface area contributed by atoms with Gasteiger partial charge in [0.05, 0.1) is 10.8 Å². The molecule has 10 nitrogen and oxygen atoms in total. The number of aryl methyl sites for hydroxylation is 1. The number of nitrogens with zero attached hydrogens (tertiary/aromatic N) is 5. The van der Waals surface area contributed by atoms with E-state index >= 15 is 0 Å². The highest BCUT2D eigenvalue weighted by molar-refractivity contribution is 7.89. The van der Waals surface area contributed by atoms with Gasteiger partial charge in [-0.1, -0.05) is 23.3 Å². The van der Waals surface area contributed by atoms with Crippen LogP contribution >= 0.6 is 0 Å². The molecule has 152 valence electrons. The minimum absolute atomic E-state index is 0.0331. The first-order valence-corrected chi connectivity index (χ1v) is 10.6. The third-order valence-electron chi connectivity index (χ3n) is 4.83. The zero-order chi connectivity index (χ0) is 20.4. The zero-order valence-electron chi connectivity index (χ0n) is 15.7. The number of hydrogen-bond acceptors (Lipinski definition) is 7. The van der Waals surface area contributed by atoms with Crippen LogP contribution in [0.25, 0.3) is 11.6 Å². The summed E-state index contributed by atoms with van der Waals surface area (Å²) in [6.07, 6.45) is 2.77. The van der Waals surface area contributed by atoms with Crippen molar-refractivity contribution >= 4 is 21.9 Å². The predicted octanol–water partition coefficient (Wildman–Crippen LogP) is 1.51. The summed E-state index contributed by atoms with van der Waals surface area (Å²) in [6, 6.07) is 9.90. The predicted molar refractivity (Wildman–Crippen MR) is 103 cm³/mol. The molecule has 1 amide bonds. The van der Waals surface area contributed by atoms with E-state index in [2.05, 4.69) is 20.6 Å². The monoisotopic (exact) mass is 416 g/mol. The molecule has 0 radical (unpaired) electrons. The van der Waals surface area contributed by atoms with Gasteiger partial charge in [0.1, 0.15) is 5.69 Å². The molecule has 3 aromatic rings. The summed E-state index contributed by atoms with van der Waals surface area (Å²) in [7, 11) is -1.90. The summed E-state index contributed by atoms with van der Waals surface area (Å²) >= 11 is 0. The first-order valence-electron chi connectivity index (χ1n) is 9.13. The highest BCUT2D eigenvalue weighted by Gasteiger charge is 2.33. The largest absolute Gasteiger partial charge is 0.401 e. The van der Waals surface area contributed by atoms with Crippen LogP contribution in [0.2, 0.25) is 0 Å². The van der Waals surface area contributed by atoms with Crippen LogP contribution < -0.4 is 5.32 Å². The van der Waals surface area contributed by atoms with Crippen molar-refractivity contribution in [1.82, 2.24) is 24.3 Å². The highest BCUT2D eigenvalue weighted by atomic mass is 32.2. The van der Waals surface area contributed by atoms with E-state index in [0.717, 1.165) is 0 Å². The van der Waals surface area contributed by atoms with Crippen molar-refractivity contribution in [3.05, 3.63) is 42.6 Å². The maximum Gasteiger partial charge on any atom is 0.322 e. The number of rotatable bonds is 5. The Kier molecular flexibility index (Phi) is 5.16. The number of anilines is 1. The molecule has 1 saturated heterocycles. The Bertz CT molecular complexity index is 1110. The van der Waals surface area contributed by atoms with E-state index in [4.69, 9.17) is 4.42 Å². The number of piperidine rings is 1. The average Bonchev–Trinajstić information content (AvgIpc) is 3.37. The number of nitrogens with one attached hydrogen (secondary N) is 1. The highest BCUT2D eigenvalue weighted by Crippen LogP contribution is 2.25. The van der Waals surface area contributed by atoms with Crippen molar-refractivity contribution in [2.75, 3.05) is 18.4 Å². The van der Waals surface area contributed by atoms with Crippen LogP contribution in [0.5, 0.6) is 0 Å². The molecule has 4 rings (SSSR count).